The first-order valence-corrected chi connectivity index (χ1v) is 9.20. The Kier molecular flexibility index (Phi) is 7.67. The van der Waals surface area contributed by atoms with Crippen molar-refractivity contribution in [1.82, 2.24) is 5.43 Å². The van der Waals surface area contributed by atoms with Gasteiger partial charge in [-0.3, -0.25) is 4.79 Å². The van der Waals surface area contributed by atoms with Crippen molar-refractivity contribution in [2.45, 2.75) is 19.8 Å². The fourth-order valence-electron chi connectivity index (χ4n) is 2.38. The highest BCUT2D eigenvalue weighted by molar-refractivity contribution is 9.10. The molecular formula is C20H23BrN2O4. The van der Waals surface area contributed by atoms with Crippen LogP contribution in [0.25, 0.3) is 0 Å². The van der Waals surface area contributed by atoms with E-state index in [9.17, 15) is 4.79 Å². The third kappa shape index (κ3) is 5.99. The van der Waals surface area contributed by atoms with E-state index >= 15 is 0 Å². The predicted octanol–water partition coefficient (Wildman–Crippen LogP) is 4.12. The summed E-state index contributed by atoms with van der Waals surface area (Å²) in [7, 11) is 3.14. The molecule has 0 radical (unpaired) electrons. The fourth-order valence-corrected chi connectivity index (χ4v) is 2.76. The number of benzene rings is 2. The molecule has 0 spiro atoms. The molecule has 2 rings (SSSR count). The van der Waals surface area contributed by atoms with Gasteiger partial charge in [-0.2, -0.15) is 5.10 Å². The van der Waals surface area contributed by atoms with E-state index in [0.29, 0.717) is 17.2 Å². The lowest BCUT2D eigenvalue weighted by Crippen LogP contribution is -2.25. The van der Waals surface area contributed by atoms with Crippen molar-refractivity contribution in [1.29, 1.82) is 0 Å². The van der Waals surface area contributed by atoms with Gasteiger partial charge in [-0.25, -0.2) is 5.43 Å². The highest BCUT2D eigenvalue weighted by Gasteiger charge is 2.10. The van der Waals surface area contributed by atoms with Gasteiger partial charge in [0.15, 0.2) is 6.61 Å². The molecule has 0 atom stereocenters. The van der Waals surface area contributed by atoms with E-state index in [4.69, 9.17) is 14.2 Å². The van der Waals surface area contributed by atoms with E-state index in [2.05, 4.69) is 40.3 Å². The van der Waals surface area contributed by atoms with Crippen LogP contribution in [-0.4, -0.2) is 32.9 Å². The lowest BCUT2D eigenvalue weighted by Gasteiger charge is -2.14. The van der Waals surface area contributed by atoms with Crippen molar-refractivity contribution < 1.29 is 19.0 Å². The minimum Gasteiger partial charge on any atom is -0.497 e. The van der Waals surface area contributed by atoms with Crippen LogP contribution in [0.5, 0.6) is 17.2 Å². The Morgan fingerprint density at radius 2 is 1.93 bits per heavy atom. The van der Waals surface area contributed by atoms with Crippen molar-refractivity contribution >= 4 is 28.1 Å². The summed E-state index contributed by atoms with van der Waals surface area (Å²) >= 11 is 3.45. The summed E-state index contributed by atoms with van der Waals surface area (Å²) in [5, 5.41) is 3.96. The van der Waals surface area contributed by atoms with Crippen LogP contribution in [0.2, 0.25) is 0 Å². The molecule has 0 aliphatic rings. The molecule has 1 N–H and O–H groups in total. The van der Waals surface area contributed by atoms with Crippen molar-refractivity contribution in [2.24, 2.45) is 5.10 Å². The Balaban J connectivity index is 1.95. The second kappa shape index (κ2) is 9.97. The third-order valence-electron chi connectivity index (χ3n) is 3.79. The van der Waals surface area contributed by atoms with Crippen LogP contribution in [-0.2, 0) is 4.79 Å². The van der Waals surface area contributed by atoms with E-state index in [1.165, 1.54) is 6.21 Å². The number of methoxy groups -OCH3 is 2. The number of hydrazone groups is 1. The molecule has 144 valence electrons. The van der Waals surface area contributed by atoms with Gasteiger partial charge in [0, 0.05) is 16.1 Å². The molecule has 0 aliphatic heterocycles. The van der Waals surface area contributed by atoms with Crippen LogP contribution in [0.3, 0.4) is 0 Å². The number of carbonyl (C=O) groups is 1. The van der Waals surface area contributed by atoms with Gasteiger partial charge >= 0.3 is 0 Å². The Morgan fingerprint density at radius 1 is 1.15 bits per heavy atom. The first kappa shape index (κ1) is 20.8. The average molecular weight is 435 g/mol. The Bertz CT molecular complexity index is 822. The topological polar surface area (TPSA) is 69.2 Å². The molecule has 0 aliphatic carbocycles. The first-order valence-electron chi connectivity index (χ1n) is 8.40. The van der Waals surface area contributed by atoms with E-state index in [0.717, 1.165) is 15.6 Å². The molecule has 0 saturated heterocycles. The van der Waals surface area contributed by atoms with Gasteiger partial charge in [0.25, 0.3) is 5.91 Å². The Morgan fingerprint density at radius 3 is 2.59 bits per heavy atom. The number of amides is 1. The quantitative estimate of drug-likeness (QED) is 0.501. The van der Waals surface area contributed by atoms with E-state index in [1.54, 1.807) is 32.4 Å². The number of hydrogen-bond acceptors (Lipinski definition) is 5. The molecule has 6 nitrogen and oxygen atoms in total. The van der Waals surface area contributed by atoms with Crippen LogP contribution < -0.4 is 19.6 Å². The number of ether oxygens (including phenoxy) is 3. The molecule has 0 bridgehead atoms. The summed E-state index contributed by atoms with van der Waals surface area (Å²) in [5.74, 6) is 1.89. The molecular weight excluding hydrogens is 412 g/mol. The van der Waals surface area contributed by atoms with E-state index < -0.39 is 0 Å². The summed E-state index contributed by atoms with van der Waals surface area (Å²) < 4.78 is 17.1. The lowest BCUT2D eigenvalue weighted by molar-refractivity contribution is -0.123. The van der Waals surface area contributed by atoms with Gasteiger partial charge in [0.1, 0.15) is 17.2 Å². The third-order valence-corrected chi connectivity index (χ3v) is 4.28. The number of rotatable bonds is 8. The molecule has 2 aromatic rings. The number of carbonyl (C=O) groups excluding carboxylic acids is 1. The highest BCUT2D eigenvalue weighted by atomic mass is 79.9. The molecule has 7 heteroatoms. The summed E-state index contributed by atoms with van der Waals surface area (Å²) in [6.07, 6.45) is 1.51. The minimum absolute atomic E-state index is 0.127. The van der Waals surface area contributed by atoms with Crippen LogP contribution in [0, 0.1) is 0 Å². The summed E-state index contributed by atoms with van der Waals surface area (Å²) in [6, 6.07) is 11.0. The molecule has 0 heterocycles. The normalized spacial score (nSPS) is 10.9. The van der Waals surface area contributed by atoms with Gasteiger partial charge in [-0.1, -0.05) is 29.8 Å². The number of nitrogens with one attached hydrogen (secondary N) is 1. The molecule has 1 amide bonds. The van der Waals surface area contributed by atoms with Gasteiger partial charge in [-0.05, 0) is 41.8 Å². The highest BCUT2D eigenvalue weighted by Crippen LogP contribution is 2.29. The van der Waals surface area contributed by atoms with Crippen LogP contribution in [0.4, 0.5) is 0 Å². The largest absolute Gasteiger partial charge is 0.497 e. The van der Waals surface area contributed by atoms with Gasteiger partial charge in [0.2, 0.25) is 0 Å². The lowest BCUT2D eigenvalue weighted by atomic mass is 10.0. The van der Waals surface area contributed by atoms with Crippen LogP contribution in [0.1, 0.15) is 30.9 Å². The van der Waals surface area contributed by atoms with Crippen LogP contribution in [0.15, 0.2) is 46.0 Å². The molecule has 27 heavy (non-hydrogen) atoms. The summed E-state index contributed by atoms with van der Waals surface area (Å²) in [5.41, 5.74) is 4.20. The summed E-state index contributed by atoms with van der Waals surface area (Å²) in [6.45, 7) is 4.01. The smallest absolute Gasteiger partial charge is 0.277 e. The summed E-state index contributed by atoms with van der Waals surface area (Å²) in [4.78, 5) is 12.0. The monoisotopic (exact) mass is 434 g/mol. The number of nitrogens with zero attached hydrogens (tertiary/aromatic N) is 1. The zero-order valence-corrected chi connectivity index (χ0v) is 17.4. The number of halogens is 1. The second-order valence-corrected chi connectivity index (χ2v) is 6.94. The molecule has 0 unspecified atom stereocenters. The zero-order valence-electron chi connectivity index (χ0n) is 15.8. The number of hydrogen-bond donors (Lipinski definition) is 1. The fraction of sp³-hybridized carbons (Fsp3) is 0.300. The van der Waals surface area contributed by atoms with Gasteiger partial charge in [0.05, 0.1) is 20.4 Å². The standard InChI is InChI=1S/C20H23BrN2O4/c1-13(2)17-9-15(21)6-8-18(17)27-12-20(24)23-22-11-14-5-7-16(25-3)10-19(14)26-4/h5-11,13H,12H2,1-4H3,(H,23,24)/b22-11+. The molecule has 2 aromatic carbocycles. The minimum atomic E-state index is -0.351. The average Bonchev–Trinajstić information content (AvgIpc) is 2.67. The van der Waals surface area contributed by atoms with Crippen molar-refractivity contribution in [2.75, 3.05) is 20.8 Å². The van der Waals surface area contributed by atoms with Crippen LogP contribution >= 0.6 is 15.9 Å². The van der Waals surface area contributed by atoms with Crippen molar-refractivity contribution in [3.63, 3.8) is 0 Å². The molecule has 0 aromatic heterocycles. The maximum Gasteiger partial charge on any atom is 0.277 e. The van der Waals surface area contributed by atoms with E-state index in [1.807, 2.05) is 18.2 Å². The van der Waals surface area contributed by atoms with Gasteiger partial charge < -0.3 is 14.2 Å². The Labute approximate surface area is 167 Å². The van der Waals surface area contributed by atoms with Crippen molar-refractivity contribution in [3.05, 3.63) is 52.0 Å². The van der Waals surface area contributed by atoms with E-state index in [-0.39, 0.29) is 18.4 Å². The zero-order chi connectivity index (χ0) is 19.8. The Hall–Kier alpha value is -2.54. The predicted molar refractivity (Wildman–Crippen MR) is 109 cm³/mol. The first-order chi connectivity index (χ1) is 12.9. The maximum atomic E-state index is 12.0. The molecule has 0 saturated carbocycles. The van der Waals surface area contributed by atoms with Crippen molar-refractivity contribution in [3.8, 4) is 17.2 Å². The second-order valence-electron chi connectivity index (χ2n) is 6.03. The SMILES string of the molecule is COc1ccc(/C=N/NC(=O)COc2ccc(Br)cc2C(C)C)c(OC)c1. The maximum absolute atomic E-state index is 12.0. The van der Waals surface area contributed by atoms with Gasteiger partial charge in [-0.15, -0.1) is 0 Å². The molecule has 0 fully saturated rings.